The van der Waals surface area contributed by atoms with Gasteiger partial charge in [-0.3, -0.25) is 0 Å². The molecule has 1 aromatic rings. The molecule has 0 aromatic carbocycles. The van der Waals surface area contributed by atoms with Gasteiger partial charge in [-0.25, -0.2) is 0 Å². The van der Waals surface area contributed by atoms with Crippen LogP contribution in [0.15, 0.2) is 11.2 Å². The average molecular weight is 324 g/mol. The van der Waals surface area contributed by atoms with E-state index in [1.165, 1.54) is 43.9 Å². The quantitative estimate of drug-likeness (QED) is 0.435. The highest BCUT2D eigenvalue weighted by Gasteiger charge is 2.28. The first-order valence-corrected chi connectivity index (χ1v) is 8.65. The second-order valence-corrected chi connectivity index (χ2v) is 6.86. The van der Waals surface area contributed by atoms with Gasteiger partial charge < -0.3 is 14.3 Å². The molecule has 0 saturated heterocycles. The number of hydrogen-bond acceptors (Lipinski definition) is 6. The van der Waals surface area contributed by atoms with Crippen molar-refractivity contribution in [3.8, 4) is 11.8 Å². The molecule has 2 rings (SSSR count). The van der Waals surface area contributed by atoms with Crippen molar-refractivity contribution in [2.45, 2.75) is 49.4 Å². The molecule has 0 aliphatic heterocycles. The minimum Gasteiger partial charge on any atom is -0.481 e. The van der Waals surface area contributed by atoms with Gasteiger partial charge in [-0.15, -0.1) is 0 Å². The largest absolute Gasteiger partial charge is 0.481 e. The topological polar surface area (TPSA) is 61.3 Å². The van der Waals surface area contributed by atoms with Gasteiger partial charge in [0.2, 0.25) is 11.8 Å². The number of ether oxygens (including phenoxy) is 2. The van der Waals surface area contributed by atoms with Crippen molar-refractivity contribution in [3.63, 3.8) is 0 Å². The molecule has 5 nitrogen and oxygen atoms in total. The Morgan fingerprint density at radius 3 is 2.27 bits per heavy atom. The van der Waals surface area contributed by atoms with E-state index in [2.05, 4.69) is 16.9 Å². The molecular formula is C16H24N2O3S. The Balaban J connectivity index is 2.10. The molecule has 1 fully saturated rings. The van der Waals surface area contributed by atoms with E-state index in [0.717, 1.165) is 6.29 Å². The SMILES string of the molecule is COc1cc(OC)nc(SC(C=O)C(C)C2CCCCC2)n1. The fourth-order valence-electron chi connectivity index (χ4n) is 2.95. The van der Waals surface area contributed by atoms with Gasteiger partial charge in [-0.05, 0) is 11.8 Å². The van der Waals surface area contributed by atoms with Crippen LogP contribution in [0.4, 0.5) is 0 Å². The maximum atomic E-state index is 11.6. The predicted octanol–water partition coefficient (Wildman–Crippen LogP) is 3.37. The van der Waals surface area contributed by atoms with Gasteiger partial charge in [0, 0.05) is 0 Å². The van der Waals surface area contributed by atoms with Crippen LogP contribution in [0.2, 0.25) is 0 Å². The smallest absolute Gasteiger partial charge is 0.220 e. The summed E-state index contributed by atoms with van der Waals surface area (Å²) >= 11 is 1.40. The molecule has 1 aromatic heterocycles. The van der Waals surface area contributed by atoms with E-state index in [0.29, 0.717) is 28.8 Å². The van der Waals surface area contributed by atoms with Crippen molar-refractivity contribution in [2.24, 2.45) is 11.8 Å². The second kappa shape index (κ2) is 8.36. The van der Waals surface area contributed by atoms with Crippen molar-refractivity contribution < 1.29 is 14.3 Å². The molecule has 1 aliphatic carbocycles. The number of carbonyl (C=O) groups is 1. The first kappa shape index (κ1) is 17.1. The van der Waals surface area contributed by atoms with Crippen molar-refractivity contribution in [1.82, 2.24) is 9.97 Å². The summed E-state index contributed by atoms with van der Waals surface area (Å²) in [7, 11) is 3.11. The lowest BCUT2D eigenvalue weighted by molar-refractivity contribution is -0.108. The zero-order valence-electron chi connectivity index (χ0n) is 13.4. The van der Waals surface area contributed by atoms with Crippen LogP contribution in [0.25, 0.3) is 0 Å². The van der Waals surface area contributed by atoms with Gasteiger partial charge in [-0.1, -0.05) is 50.8 Å². The molecule has 0 amide bonds. The van der Waals surface area contributed by atoms with Gasteiger partial charge in [0.25, 0.3) is 0 Å². The van der Waals surface area contributed by atoms with Crippen LogP contribution in [0.3, 0.4) is 0 Å². The predicted molar refractivity (Wildman–Crippen MR) is 86.6 cm³/mol. The second-order valence-electron chi connectivity index (χ2n) is 5.71. The fraction of sp³-hybridized carbons (Fsp3) is 0.688. The van der Waals surface area contributed by atoms with Crippen LogP contribution >= 0.6 is 11.8 Å². The molecule has 6 heteroatoms. The third-order valence-electron chi connectivity index (χ3n) is 4.36. The highest BCUT2D eigenvalue weighted by molar-refractivity contribution is 8.00. The normalized spacial score (nSPS) is 18.5. The summed E-state index contributed by atoms with van der Waals surface area (Å²) in [6, 6.07) is 1.63. The van der Waals surface area contributed by atoms with E-state index in [4.69, 9.17) is 9.47 Å². The zero-order valence-corrected chi connectivity index (χ0v) is 14.3. The average Bonchev–Trinajstić information content (AvgIpc) is 2.59. The molecule has 1 heterocycles. The summed E-state index contributed by atoms with van der Waals surface area (Å²) in [5.74, 6) is 1.83. The van der Waals surface area contributed by atoms with Crippen LogP contribution in [-0.4, -0.2) is 35.7 Å². The molecule has 1 saturated carbocycles. The first-order valence-electron chi connectivity index (χ1n) is 7.77. The Morgan fingerprint density at radius 2 is 1.77 bits per heavy atom. The summed E-state index contributed by atoms with van der Waals surface area (Å²) in [5.41, 5.74) is 0. The molecule has 2 unspecified atom stereocenters. The summed E-state index contributed by atoms with van der Waals surface area (Å²) in [4.78, 5) is 20.2. The van der Waals surface area contributed by atoms with Crippen molar-refractivity contribution >= 4 is 18.0 Å². The van der Waals surface area contributed by atoms with E-state index in [1.54, 1.807) is 20.3 Å². The van der Waals surface area contributed by atoms with Gasteiger partial charge >= 0.3 is 0 Å². The number of rotatable bonds is 7. The first-order chi connectivity index (χ1) is 10.7. The number of nitrogens with zero attached hydrogens (tertiary/aromatic N) is 2. The lowest BCUT2D eigenvalue weighted by atomic mass is 9.79. The van der Waals surface area contributed by atoms with Gasteiger partial charge in [-0.2, -0.15) is 9.97 Å². The van der Waals surface area contributed by atoms with Gasteiger partial charge in [0.15, 0.2) is 5.16 Å². The Hall–Kier alpha value is -1.30. The molecule has 0 radical (unpaired) electrons. The lowest BCUT2D eigenvalue weighted by Crippen LogP contribution is -2.26. The molecule has 22 heavy (non-hydrogen) atoms. The van der Waals surface area contributed by atoms with E-state index >= 15 is 0 Å². The molecule has 0 bridgehead atoms. The van der Waals surface area contributed by atoms with E-state index in [9.17, 15) is 4.79 Å². The number of hydrogen-bond donors (Lipinski definition) is 0. The monoisotopic (exact) mass is 324 g/mol. The summed E-state index contributed by atoms with van der Waals surface area (Å²) < 4.78 is 10.3. The minimum atomic E-state index is -0.139. The third-order valence-corrected chi connectivity index (χ3v) is 5.57. The van der Waals surface area contributed by atoms with Crippen LogP contribution in [0.5, 0.6) is 11.8 Å². The summed E-state index contributed by atoms with van der Waals surface area (Å²) in [6.45, 7) is 2.17. The number of aromatic nitrogens is 2. The van der Waals surface area contributed by atoms with Crippen LogP contribution in [0, 0.1) is 11.8 Å². The van der Waals surface area contributed by atoms with Crippen molar-refractivity contribution in [2.75, 3.05) is 14.2 Å². The molecule has 1 aliphatic rings. The van der Waals surface area contributed by atoms with Crippen LogP contribution in [-0.2, 0) is 4.79 Å². The molecule has 2 atom stereocenters. The number of thioether (sulfide) groups is 1. The maximum absolute atomic E-state index is 11.6. The number of carbonyl (C=O) groups excluding carboxylic acids is 1. The van der Waals surface area contributed by atoms with E-state index < -0.39 is 0 Å². The lowest BCUT2D eigenvalue weighted by Gasteiger charge is -2.30. The number of aldehydes is 1. The van der Waals surface area contributed by atoms with E-state index in [1.807, 2.05) is 0 Å². The molecular weight excluding hydrogens is 300 g/mol. The fourth-order valence-corrected chi connectivity index (χ4v) is 3.98. The van der Waals surface area contributed by atoms with Crippen LogP contribution < -0.4 is 9.47 Å². The maximum Gasteiger partial charge on any atom is 0.220 e. The Morgan fingerprint density at radius 1 is 1.18 bits per heavy atom. The molecule has 0 spiro atoms. The number of methoxy groups -OCH3 is 2. The summed E-state index contributed by atoms with van der Waals surface area (Å²) in [6.07, 6.45) is 7.32. The molecule has 122 valence electrons. The Labute approximate surface area is 136 Å². The van der Waals surface area contributed by atoms with Gasteiger partial charge in [0.05, 0.1) is 25.5 Å². The van der Waals surface area contributed by atoms with Crippen molar-refractivity contribution in [3.05, 3.63) is 6.07 Å². The Bertz CT molecular complexity index is 470. The van der Waals surface area contributed by atoms with Crippen LogP contribution in [0.1, 0.15) is 39.0 Å². The summed E-state index contributed by atoms with van der Waals surface area (Å²) in [5, 5.41) is 0.385. The third kappa shape index (κ3) is 4.35. The zero-order chi connectivity index (χ0) is 15.9. The highest BCUT2D eigenvalue weighted by Crippen LogP contribution is 2.37. The minimum absolute atomic E-state index is 0.139. The van der Waals surface area contributed by atoms with E-state index in [-0.39, 0.29) is 5.25 Å². The van der Waals surface area contributed by atoms with Crippen molar-refractivity contribution in [1.29, 1.82) is 0 Å². The standard InChI is InChI=1S/C16H24N2O3S/c1-11(12-7-5-4-6-8-12)13(10-19)22-16-17-14(20-2)9-15(18-16)21-3/h9-13H,4-8H2,1-3H3. The molecule has 0 N–H and O–H groups in total. The highest BCUT2D eigenvalue weighted by atomic mass is 32.2. The Kier molecular flexibility index (Phi) is 6.49. The van der Waals surface area contributed by atoms with Gasteiger partial charge in [0.1, 0.15) is 6.29 Å².